The Morgan fingerprint density at radius 3 is 2.52 bits per heavy atom. The number of nitrogens with one attached hydrogen (secondary N) is 1. The average Bonchev–Trinajstić information content (AvgIpc) is 2.70. The lowest BCUT2D eigenvalue weighted by molar-refractivity contribution is -0.118. The number of halogens is 2. The highest BCUT2D eigenvalue weighted by Gasteiger charge is 2.26. The Labute approximate surface area is 180 Å². The molecule has 0 spiro atoms. The van der Waals surface area contributed by atoms with Gasteiger partial charge in [-0.15, -0.1) is 0 Å². The predicted molar refractivity (Wildman–Crippen MR) is 114 cm³/mol. The molecule has 6 nitrogen and oxygen atoms in total. The fourth-order valence-corrected chi connectivity index (χ4v) is 5.06. The number of rotatable bonds is 6. The lowest BCUT2D eigenvalue weighted by atomic mass is 10.2. The fraction of sp³-hybridized carbons (Fsp3) is 0.350. The monoisotopic (exact) mass is 456 g/mol. The summed E-state index contributed by atoms with van der Waals surface area (Å²) in [7, 11) is -3.51. The van der Waals surface area contributed by atoms with Crippen LogP contribution in [0.4, 0.5) is 5.69 Å². The molecule has 2 aromatic carbocycles. The zero-order valence-corrected chi connectivity index (χ0v) is 18.3. The van der Waals surface area contributed by atoms with Crippen LogP contribution in [0.25, 0.3) is 0 Å². The SMILES string of the molecule is Cc1cc(S(=O)(=O)N2CCCCC2)ccc1OCC(=O)Nc1cc(Cl)ccc1Cl. The molecular weight excluding hydrogens is 435 g/mol. The van der Waals surface area contributed by atoms with Crippen molar-refractivity contribution in [2.24, 2.45) is 0 Å². The Balaban J connectivity index is 1.64. The number of benzene rings is 2. The van der Waals surface area contributed by atoms with E-state index in [4.69, 9.17) is 27.9 Å². The number of anilines is 1. The van der Waals surface area contributed by atoms with E-state index in [9.17, 15) is 13.2 Å². The van der Waals surface area contributed by atoms with E-state index in [1.165, 1.54) is 10.4 Å². The second-order valence-electron chi connectivity index (χ2n) is 6.85. The number of amides is 1. The van der Waals surface area contributed by atoms with Crippen LogP contribution >= 0.6 is 23.2 Å². The summed E-state index contributed by atoms with van der Waals surface area (Å²) in [5.74, 6) is 0.0357. The number of nitrogens with zero attached hydrogens (tertiary/aromatic N) is 1. The van der Waals surface area contributed by atoms with E-state index in [-0.39, 0.29) is 11.5 Å². The normalized spacial score (nSPS) is 15.1. The summed E-state index contributed by atoms with van der Waals surface area (Å²) in [6.45, 7) is 2.59. The molecule has 29 heavy (non-hydrogen) atoms. The quantitative estimate of drug-likeness (QED) is 0.694. The van der Waals surface area contributed by atoms with Crippen LogP contribution in [0, 0.1) is 6.92 Å². The van der Waals surface area contributed by atoms with Crippen LogP contribution < -0.4 is 10.1 Å². The highest BCUT2D eigenvalue weighted by Crippen LogP contribution is 2.27. The van der Waals surface area contributed by atoms with E-state index < -0.39 is 15.9 Å². The number of aryl methyl sites for hydroxylation is 1. The second-order valence-corrected chi connectivity index (χ2v) is 9.63. The third kappa shape index (κ3) is 5.42. The van der Waals surface area contributed by atoms with E-state index in [0.717, 1.165) is 19.3 Å². The van der Waals surface area contributed by atoms with Crippen molar-refractivity contribution in [1.29, 1.82) is 0 Å². The summed E-state index contributed by atoms with van der Waals surface area (Å²) >= 11 is 11.9. The summed E-state index contributed by atoms with van der Waals surface area (Å²) in [4.78, 5) is 12.4. The standard InChI is InChI=1S/C20H22Cl2N2O4S/c1-14-11-16(29(26,27)24-9-3-2-4-10-24)6-8-19(14)28-13-20(25)23-18-12-15(21)5-7-17(18)22/h5-8,11-12H,2-4,9-10,13H2,1H3,(H,23,25). The minimum absolute atomic E-state index is 0.236. The van der Waals surface area contributed by atoms with Gasteiger partial charge in [0.2, 0.25) is 10.0 Å². The Morgan fingerprint density at radius 1 is 1.10 bits per heavy atom. The molecule has 0 radical (unpaired) electrons. The van der Waals surface area contributed by atoms with Gasteiger partial charge in [0.1, 0.15) is 5.75 Å². The topological polar surface area (TPSA) is 75.7 Å². The second kappa shape index (κ2) is 9.34. The molecule has 2 aromatic rings. The van der Waals surface area contributed by atoms with Crippen molar-refractivity contribution in [3.8, 4) is 5.75 Å². The summed E-state index contributed by atoms with van der Waals surface area (Å²) in [5, 5.41) is 3.45. The highest BCUT2D eigenvalue weighted by molar-refractivity contribution is 7.89. The van der Waals surface area contributed by atoms with Gasteiger partial charge < -0.3 is 10.1 Å². The Morgan fingerprint density at radius 2 is 1.83 bits per heavy atom. The lowest BCUT2D eigenvalue weighted by Crippen LogP contribution is -2.35. The van der Waals surface area contributed by atoms with E-state index >= 15 is 0 Å². The van der Waals surface area contributed by atoms with Crippen LogP contribution in [-0.2, 0) is 14.8 Å². The molecule has 9 heteroatoms. The van der Waals surface area contributed by atoms with Crippen molar-refractivity contribution < 1.29 is 17.9 Å². The zero-order valence-electron chi connectivity index (χ0n) is 16.0. The van der Waals surface area contributed by atoms with Gasteiger partial charge in [0.05, 0.1) is 15.6 Å². The van der Waals surface area contributed by atoms with Gasteiger partial charge in [-0.3, -0.25) is 4.79 Å². The maximum absolute atomic E-state index is 12.8. The molecule has 0 saturated carbocycles. The van der Waals surface area contributed by atoms with Crippen molar-refractivity contribution in [1.82, 2.24) is 4.31 Å². The molecule has 1 heterocycles. The van der Waals surface area contributed by atoms with Crippen molar-refractivity contribution in [3.05, 3.63) is 52.0 Å². The molecule has 3 rings (SSSR count). The summed E-state index contributed by atoms with van der Waals surface area (Å²) < 4.78 is 32.6. The van der Waals surface area contributed by atoms with E-state index in [1.807, 2.05) is 0 Å². The molecule has 0 unspecified atom stereocenters. The number of sulfonamides is 1. The van der Waals surface area contributed by atoms with E-state index in [2.05, 4.69) is 5.32 Å². The van der Waals surface area contributed by atoms with Crippen LogP contribution in [-0.4, -0.2) is 38.3 Å². The van der Waals surface area contributed by atoms with Crippen molar-refractivity contribution in [3.63, 3.8) is 0 Å². The number of ether oxygens (including phenoxy) is 1. The molecule has 0 atom stereocenters. The first-order valence-electron chi connectivity index (χ1n) is 9.26. The van der Waals surface area contributed by atoms with Crippen LogP contribution in [0.5, 0.6) is 5.75 Å². The summed E-state index contributed by atoms with van der Waals surface area (Å²) in [5.41, 5.74) is 1.03. The van der Waals surface area contributed by atoms with Crippen molar-refractivity contribution >= 4 is 44.8 Å². The summed E-state index contributed by atoms with van der Waals surface area (Å²) in [6, 6.07) is 9.42. The average molecular weight is 457 g/mol. The summed E-state index contributed by atoms with van der Waals surface area (Å²) in [6.07, 6.45) is 2.82. The van der Waals surface area contributed by atoms with Gasteiger partial charge in [-0.25, -0.2) is 8.42 Å². The number of carbonyl (C=O) groups excluding carboxylic acids is 1. The molecule has 1 fully saturated rings. The van der Waals surface area contributed by atoms with E-state index in [0.29, 0.717) is 40.1 Å². The molecule has 1 saturated heterocycles. The molecule has 1 N–H and O–H groups in total. The third-order valence-corrected chi connectivity index (χ3v) is 7.12. The van der Waals surface area contributed by atoms with Crippen molar-refractivity contribution in [2.75, 3.05) is 25.0 Å². The van der Waals surface area contributed by atoms with Gasteiger partial charge in [-0.2, -0.15) is 4.31 Å². The van der Waals surface area contributed by atoms with Gasteiger partial charge >= 0.3 is 0 Å². The first-order chi connectivity index (χ1) is 13.8. The number of hydrogen-bond donors (Lipinski definition) is 1. The van der Waals surface area contributed by atoms with Gasteiger partial charge in [-0.05, 0) is 61.7 Å². The Kier molecular flexibility index (Phi) is 7.05. The molecule has 0 aromatic heterocycles. The number of piperidine rings is 1. The minimum atomic E-state index is -3.51. The van der Waals surface area contributed by atoms with Crippen LogP contribution in [0.15, 0.2) is 41.3 Å². The smallest absolute Gasteiger partial charge is 0.262 e. The minimum Gasteiger partial charge on any atom is -0.483 e. The van der Waals surface area contributed by atoms with Crippen molar-refractivity contribution in [2.45, 2.75) is 31.1 Å². The third-order valence-electron chi connectivity index (χ3n) is 4.66. The predicted octanol–water partition coefficient (Wildman–Crippen LogP) is 4.49. The number of carbonyl (C=O) groups is 1. The fourth-order valence-electron chi connectivity index (χ4n) is 3.12. The maximum Gasteiger partial charge on any atom is 0.262 e. The molecule has 156 valence electrons. The first kappa shape index (κ1) is 21.9. The van der Waals surface area contributed by atoms with Gasteiger partial charge in [0.25, 0.3) is 5.91 Å². The van der Waals surface area contributed by atoms with Gasteiger partial charge in [0.15, 0.2) is 6.61 Å². The zero-order chi connectivity index (χ0) is 21.0. The molecular formula is C20H22Cl2N2O4S. The highest BCUT2D eigenvalue weighted by atomic mass is 35.5. The van der Waals surface area contributed by atoms with Crippen LogP contribution in [0.1, 0.15) is 24.8 Å². The lowest BCUT2D eigenvalue weighted by Gasteiger charge is -2.26. The van der Waals surface area contributed by atoms with Gasteiger partial charge in [-0.1, -0.05) is 29.6 Å². The Bertz CT molecular complexity index is 1010. The molecule has 0 bridgehead atoms. The molecule has 0 aliphatic carbocycles. The largest absolute Gasteiger partial charge is 0.483 e. The molecule has 1 amide bonds. The molecule has 1 aliphatic heterocycles. The van der Waals surface area contributed by atoms with Crippen LogP contribution in [0.3, 0.4) is 0 Å². The maximum atomic E-state index is 12.8. The molecule has 1 aliphatic rings. The number of hydrogen-bond acceptors (Lipinski definition) is 4. The van der Waals surface area contributed by atoms with Gasteiger partial charge in [0, 0.05) is 18.1 Å². The van der Waals surface area contributed by atoms with Crippen LogP contribution in [0.2, 0.25) is 10.0 Å². The van der Waals surface area contributed by atoms with E-state index in [1.54, 1.807) is 37.3 Å². The Hall–Kier alpha value is -1.80. The first-order valence-corrected chi connectivity index (χ1v) is 11.5.